The van der Waals surface area contributed by atoms with Crippen LogP contribution in [0.25, 0.3) is 23.0 Å². The lowest BCUT2D eigenvalue weighted by Crippen LogP contribution is -2.46. The van der Waals surface area contributed by atoms with Gasteiger partial charge in [0.2, 0.25) is 5.82 Å². The molecule has 0 unspecified atom stereocenters. The van der Waals surface area contributed by atoms with Crippen molar-refractivity contribution >= 4 is 17.4 Å². The molecule has 1 aliphatic rings. The van der Waals surface area contributed by atoms with Crippen LogP contribution in [0.2, 0.25) is 5.02 Å². The minimum atomic E-state index is 0.353. The molecule has 4 rings (SSSR count). The molecule has 0 saturated carbocycles. The fraction of sp³-hybridized carbons (Fsp3) is 0.368. The second-order valence-electron chi connectivity index (χ2n) is 6.54. The van der Waals surface area contributed by atoms with Gasteiger partial charge in [0, 0.05) is 36.8 Å². The lowest BCUT2D eigenvalue weighted by Gasteiger charge is -2.34. The normalized spacial score (nSPS) is 15.3. The molecule has 8 heteroatoms. The van der Waals surface area contributed by atoms with Crippen LogP contribution in [0.1, 0.15) is 13.3 Å². The third kappa shape index (κ3) is 4.09. The molecule has 3 heterocycles. The van der Waals surface area contributed by atoms with Gasteiger partial charge in [0.15, 0.2) is 11.5 Å². The highest BCUT2D eigenvalue weighted by Crippen LogP contribution is 2.23. The van der Waals surface area contributed by atoms with E-state index in [2.05, 4.69) is 37.1 Å². The first-order valence-corrected chi connectivity index (χ1v) is 9.52. The lowest BCUT2D eigenvalue weighted by molar-refractivity contribution is 0.258. The Bertz CT molecular complexity index is 872. The molecule has 27 heavy (non-hydrogen) atoms. The monoisotopic (exact) mass is 384 g/mol. The maximum atomic E-state index is 5.91. The number of nitrogens with zero attached hydrogens (tertiary/aromatic N) is 6. The van der Waals surface area contributed by atoms with Gasteiger partial charge in [0.1, 0.15) is 0 Å². The number of piperazine rings is 1. The van der Waals surface area contributed by atoms with Crippen LogP contribution >= 0.6 is 11.6 Å². The van der Waals surface area contributed by atoms with Crippen molar-refractivity contribution in [3.8, 4) is 23.0 Å². The van der Waals surface area contributed by atoms with Crippen molar-refractivity contribution in [2.24, 2.45) is 0 Å². The molecule has 0 aliphatic carbocycles. The first kappa shape index (κ1) is 17.9. The van der Waals surface area contributed by atoms with Crippen molar-refractivity contribution in [3.05, 3.63) is 41.4 Å². The summed E-state index contributed by atoms with van der Waals surface area (Å²) in [5.74, 6) is 1.73. The summed E-state index contributed by atoms with van der Waals surface area (Å²) < 4.78 is 5.34. The average Bonchev–Trinajstić information content (AvgIpc) is 3.20. The molecule has 0 bridgehead atoms. The Morgan fingerprint density at radius 1 is 1.00 bits per heavy atom. The fourth-order valence-corrected chi connectivity index (χ4v) is 3.29. The average molecular weight is 385 g/mol. The fourth-order valence-electron chi connectivity index (χ4n) is 3.17. The molecular formula is C19H21ClN6O. The number of halogens is 1. The summed E-state index contributed by atoms with van der Waals surface area (Å²) in [4.78, 5) is 9.15. The molecule has 1 saturated heterocycles. The minimum Gasteiger partial charge on any atom is -0.353 e. The molecule has 0 amide bonds. The van der Waals surface area contributed by atoms with Gasteiger partial charge in [0.05, 0.1) is 0 Å². The number of aromatic nitrogens is 4. The van der Waals surface area contributed by atoms with E-state index in [1.54, 1.807) is 12.1 Å². The largest absolute Gasteiger partial charge is 0.353 e. The van der Waals surface area contributed by atoms with E-state index in [9.17, 15) is 0 Å². The van der Waals surface area contributed by atoms with Gasteiger partial charge in [0.25, 0.3) is 5.89 Å². The zero-order valence-electron chi connectivity index (χ0n) is 15.2. The van der Waals surface area contributed by atoms with E-state index in [0.29, 0.717) is 22.4 Å². The SMILES string of the molecule is CCCN1CCN(c2ccc(-c3nc(-c4ccc(Cl)cc4)no3)nn2)CC1. The van der Waals surface area contributed by atoms with Gasteiger partial charge >= 0.3 is 0 Å². The van der Waals surface area contributed by atoms with Crippen molar-refractivity contribution in [1.82, 2.24) is 25.2 Å². The Balaban J connectivity index is 1.44. The highest BCUT2D eigenvalue weighted by atomic mass is 35.5. The quantitative estimate of drug-likeness (QED) is 0.667. The Labute approximate surface area is 163 Å². The van der Waals surface area contributed by atoms with Crippen LogP contribution in [-0.4, -0.2) is 58.0 Å². The summed E-state index contributed by atoms with van der Waals surface area (Å²) in [5, 5.41) is 13.3. The first-order chi connectivity index (χ1) is 13.2. The number of hydrogen-bond acceptors (Lipinski definition) is 7. The Morgan fingerprint density at radius 2 is 1.78 bits per heavy atom. The van der Waals surface area contributed by atoms with E-state index < -0.39 is 0 Å². The van der Waals surface area contributed by atoms with Gasteiger partial charge in [-0.1, -0.05) is 23.7 Å². The summed E-state index contributed by atoms with van der Waals surface area (Å²) in [5.41, 5.74) is 1.40. The summed E-state index contributed by atoms with van der Waals surface area (Å²) in [7, 11) is 0. The van der Waals surface area contributed by atoms with E-state index in [1.165, 1.54) is 6.42 Å². The number of anilines is 1. The Hall–Kier alpha value is -2.51. The maximum absolute atomic E-state index is 5.91. The smallest absolute Gasteiger partial charge is 0.278 e. The third-order valence-electron chi connectivity index (χ3n) is 4.63. The van der Waals surface area contributed by atoms with Crippen LogP contribution in [-0.2, 0) is 0 Å². The highest BCUT2D eigenvalue weighted by molar-refractivity contribution is 6.30. The zero-order valence-corrected chi connectivity index (χ0v) is 15.9. The van der Waals surface area contributed by atoms with Crippen molar-refractivity contribution in [2.75, 3.05) is 37.6 Å². The molecule has 0 spiro atoms. The van der Waals surface area contributed by atoms with Crippen molar-refractivity contribution in [1.29, 1.82) is 0 Å². The zero-order chi connectivity index (χ0) is 18.6. The second kappa shape index (κ2) is 8.02. The van der Waals surface area contributed by atoms with Crippen LogP contribution < -0.4 is 4.90 Å². The summed E-state index contributed by atoms with van der Waals surface area (Å²) in [6.07, 6.45) is 1.19. The molecule has 0 atom stereocenters. The minimum absolute atomic E-state index is 0.353. The second-order valence-corrected chi connectivity index (χ2v) is 6.97. The van der Waals surface area contributed by atoms with Gasteiger partial charge in [-0.05, 0) is 49.4 Å². The first-order valence-electron chi connectivity index (χ1n) is 9.14. The number of benzene rings is 1. The molecule has 0 radical (unpaired) electrons. The van der Waals surface area contributed by atoms with E-state index in [-0.39, 0.29) is 0 Å². The number of rotatable bonds is 5. The van der Waals surface area contributed by atoms with Crippen molar-refractivity contribution in [2.45, 2.75) is 13.3 Å². The van der Waals surface area contributed by atoms with E-state index >= 15 is 0 Å². The van der Waals surface area contributed by atoms with Gasteiger partial charge in [-0.3, -0.25) is 4.90 Å². The molecule has 0 N–H and O–H groups in total. The third-order valence-corrected chi connectivity index (χ3v) is 4.89. The topological polar surface area (TPSA) is 71.2 Å². The highest BCUT2D eigenvalue weighted by Gasteiger charge is 2.18. The van der Waals surface area contributed by atoms with Crippen molar-refractivity contribution in [3.63, 3.8) is 0 Å². The van der Waals surface area contributed by atoms with Crippen LogP contribution in [0, 0.1) is 0 Å². The molecule has 1 aliphatic heterocycles. The van der Waals surface area contributed by atoms with Crippen LogP contribution in [0.15, 0.2) is 40.9 Å². The van der Waals surface area contributed by atoms with Crippen molar-refractivity contribution < 1.29 is 4.52 Å². The predicted molar refractivity (Wildman–Crippen MR) is 105 cm³/mol. The number of hydrogen-bond donors (Lipinski definition) is 0. The molecule has 7 nitrogen and oxygen atoms in total. The predicted octanol–water partition coefficient (Wildman–Crippen LogP) is 3.38. The summed E-state index contributed by atoms with van der Waals surface area (Å²) in [6, 6.07) is 11.1. The molecule has 2 aromatic heterocycles. The standard InChI is InChI=1S/C19H21ClN6O/c1-2-9-25-10-12-26(13-11-25)17-8-7-16(22-23-17)19-21-18(24-27-19)14-3-5-15(20)6-4-14/h3-8H,2,9-13H2,1H3. The van der Waals surface area contributed by atoms with E-state index in [4.69, 9.17) is 16.1 Å². The summed E-state index contributed by atoms with van der Waals surface area (Å²) >= 11 is 5.91. The summed E-state index contributed by atoms with van der Waals surface area (Å²) in [6.45, 7) is 7.43. The lowest BCUT2D eigenvalue weighted by atomic mass is 10.2. The van der Waals surface area contributed by atoms with Gasteiger partial charge in [-0.2, -0.15) is 4.98 Å². The van der Waals surface area contributed by atoms with Crippen LogP contribution in [0.5, 0.6) is 0 Å². The van der Waals surface area contributed by atoms with Crippen LogP contribution in [0.4, 0.5) is 5.82 Å². The van der Waals surface area contributed by atoms with E-state index in [0.717, 1.165) is 44.1 Å². The van der Waals surface area contributed by atoms with Gasteiger partial charge in [-0.25, -0.2) is 0 Å². The Morgan fingerprint density at radius 3 is 2.44 bits per heavy atom. The Kier molecular flexibility index (Phi) is 5.31. The maximum Gasteiger partial charge on any atom is 0.278 e. The molecule has 1 fully saturated rings. The van der Waals surface area contributed by atoms with Gasteiger partial charge in [-0.15, -0.1) is 10.2 Å². The molecule has 1 aromatic carbocycles. The molecule has 3 aromatic rings. The van der Waals surface area contributed by atoms with E-state index in [1.807, 2.05) is 24.3 Å². The molecular weight excluding hydrogens is 364 g/mol. The van der Waals surface area contributed by atoms with Gasteiger partial charge < -0.3 is 9.42 Å². The molecule has 140 valence electrons. The van der Waals surface area contributed by atoms with Crippen LogP contribution in [0.3, 0.4) is 0 Å².